The van der Waals surface area contributed by atoms with Gasteiger partial charge in [-0.3, -0.25) is 4.79 Å². The first kappa shape index (κ1) is 14.4. The molecule has 1 aromatic carbocycles. The van der Waals surface area contributed by atoms with Crippen molar-refractivity contribution in [1.29, 1.82) is 0 Å². The van der Waals surface area contributed by atoms with Crippen molar-refractivity contribution in [3.63, 3.8) is 0 Å². The third kappa shape index (κ3) is 3.29. The first-order valence-electron chi connectivity index (χ1n) is 7.03. The summed E-state index contributed by atoms with van der Waals surface area (Å²) in [5.41, 5.74) is 3.12. The molecule has 0 aliphatic rings. The van der Waals surface area contributed by atoms with Gasteiger partial charge >= 0.3 is 5.97 Å². The fourth-order valence-corrected chi connectivity index (χ4v) is 2.25. The maximum absolute atomic E-state index is 10.6. The quantitative estimate of drug-likeness (QED) is 0.815. The number of fused-ring (bicyclic) bond motifs is 1. The SMILES string of the molecule is CCCNc1ccc2c(c1)nc(CCCC(=O)O)n2C. The van der Waals surface area contributed by atoms with Gasteiger partial charge in [-0.2, -0.15) is 0 Å². The topological polar surface area (TPSA) is 67.2 Å². The van der Waals surface area contributed by atoms with Gasteiger partial charge in [0.2, 0.25) is 0 Å². The predicted molar refractivity (Wildman–Crippen MR) is 80.1 cm³/mol. The third-order valence-electron chi connectivity index (χ3n) is 3.34. The lowest BCUT2D eigenvalue weighted by Crippen LogP contribution is -2.01. The van der Waals surface area contributed by atoms with Gasteiger partial charge in [0, 0.05) is 32.1 Å². The zero-order valence-electron chi connectivity index (χ0n) is 12.0. The zero-order valence-corrected chi connectivity index (χ0v) is 12.0. The van der Waals surface area contributed by atoms with Crippen LogP contribution in [0.3, 0.4) is 0 Å². The molecular formula is C15H21N3O2. The molecule has 0 spiro atoms. The van der Waals surface area contributed by atoms with Gasteiger partial charge in [0.15, 0.2) is 0 Å². The number of nitrogens with one attached hydrogen (secondary N) is 1. The van der Waals surface area contributed by atoms with Crippen LogP contribution in [0.25, 0.3) is 11.0 Å². The number of hydrogen-bond donors (Lipinski definition) is 2. The van der Waals surface area contributed by atoms with E-state index in [1.54, 1.807) is 0 Å². The van der Waals surface area contributed by atoms with Gasteiger partial charge in [-0.15, -0.1) is 0 Å². The summed E-state index contributed by atoms with van der Waals surface area (Å²) in [5, 5.41) is 12.0. The van der Waals surface area contributed by atoms with Crippen LogP contribution in [0.15, 0.2) is 18.2 Å². The molecule has 0 unspecified atom stereocenters. The van der Waals surface area contributed by atoms with Crippen molar-refractivity contribution in [1.82, 2.24) is 9.55 Å². The van der Waals surface area contributed by atoms with E-state index in [1.165, 1.54) is 0 Å². The molecule has 0 saturated carbocycles. The molecule has 0 radical (unpaired) electrons. The van der Waals surface area contributed by atoms with Gasteiger partial charge < -0.3 is 15.0 Å². The first-order valence-corrected chi connectivity index (χ1v) is 7.03. The average Bonchev–Trinajstić information content (AvgIpc) is 2.72. The Hall–Kier alpha value is -2.04. The van der Waals surface area contributed by atoms with Crippen LogP contribution >= 0.6 is 0 Å². The third-order valence-corrected chi connectivity index (χ3v) is 3.34. The lowest BCUT2D eigenvalue weighted by molar-refractivity contribution is -0.137. The van der Waals surface area contributed by atoms with Crippen molar-refractivity contribution < 1.29 is 9.90 Å². The summed E-state index contributed by atoms with van der Waals surface area (Å²) in [6, 6.07) is 6.16. The second kappa shape index (κ2) is 6.41. The smallest absolute Gasteiger partial charge is 0.303 e. The highest BCUT2D eigenvalue weighted by molar-refractivity contribution is 5.80. The number of rotatable bonds is 7. The number of carboxylic acids is 1. The van der Waals surface area contributed by atoms with Crippen LogP contribution in [-0.2, 0) is 18.3 Å². The minimum Gasteiger partial charge on any atom is -0.481 e. The van der Waals surface area contributed by atoms with E-state index in [0.29, 0.717) is 12.8 Å². The minimum atomic E-state index is -0.755. The number of aromatic nitrogens is 2. The molecule has 0 aliphatic heterocycles. The zero-order chi connectivity index (χ0) is 14.5. The summed E-state index contributed by atoms with van der Waals surface area (Å²) in [5.74, 6) is 0.184. The molecular weight excluding hydrogens is 254 g/mol. The number of benzene rings is 1. The molecule has 0 amide bonds. The van der Waals surface area contributed by atoms with Crippen molar-refractivity contribution in [3.8, 4) is 0 Å². The van der Waals surface area contributed by atoms with Crippen molar-refractivity contribution in [3.05, 3.63) is 24.0 Å². The van der Waals surface area contributed by atoms with E-state index in [9.17, 15) is 4.79 Å². The highest BCUT2D eigenvalue weighted by Crippen LogP contribution is 2.20. The molecule has 1 aromatic heterocycles. The summed E-state index contributed by atoms with van der Waals surface area (Å²) < 4.78 is 2.04. The Bertz CT molecular complexity index is 604. The van der Waals surface area contributed by atoms with E-state index in [1.807, 2.05) is 17.7 Å². The van der Waals surface area contributed by atoms with E-state index in [2.05, 4.69) is 29.4 Å². The number of carbonyl (C=O) groups is 1. The van der Waals surface area contributed by atoms with Crippen molar-refractivity contribution >= 4 is 22.7 Å². The molecule has 1 heterocycles. The summed E-state index contributed by atoms with van der Waals surface area (Å²) in [7, 11) is 1.98. The monoisotopic (exact) mass is 275 g/mol. The molecule has 5 heteroatoms. The Balaban J connectivity index is 2.16. The van der Waals surface area contributed by atoms with Gasteiger partial charge in [-0.1, -0.05) is 6.92 Å². The summed E-state index contributed by atoms with van der Waals surface area (Å²) >= 11 is 0. The van der Waals surface area contributed by atoms with Crippen LogP contribution in [-0.4, -0.2) is 27.2 Å². The van der Waals surface area contributed by atoms with E-state index in [0.717, 1.165) is 35.5 Å². The second-order valence-electron chi connectivity index (χ2n) is 4.96. The predicted octanol–water partition coefficient (Wildman–Crippen LogP) is 2.80. The summed E-state index contributed by atoms with van der Waals surface area (Å²) in [4.78, 5) is 15.2. The Morgan fingerprint density at radius 2 is 2.25 bits per heavy atom. The number of nitrogens with zero attached hydrogens (tertiary/aromatic N) is 2. The van der Waals surface area contributed by atoms with Crippen LogP contribution < -0.4 is 5.32 Å². The molecule has 0 fully saturated rings. The van der Waals surface area contributed by atoms with Crippen LogP contribution in [0.4, 0.5) is 5.69 Å². The number of aryl methyl sites for hydroxylation is 2. The standard InChI is InChI=1S/C15H21N3O2/c1-3-9-16-11-7-8-13-12(10-11)17-14(18(13)2)5-4-6-15(19)20/h7-8,10,16H,3-6,9H2,1-2H3,(H,19,20). The molecule has 2 aromatic rings. The highest BCUT2D eigenvalue weighted by atomic mass is 16.4. The molecule has 0 saturated heterocycles. The van der Waals surface area contributed by atoms with Gasteiger partial charge in [0.1, 0.15) is 5.82 Å². The molecule has 20 heavy (non-hydrogen) atoms. The Morgan fingerprint density at radius 1 is 1.45 bits per heavy atom. The second-order valence-corrected chi connectivity index (χ2v) is 4.96. The van der Waals surface area contributed by atoms with Crippen LogP contribution in [0, 0.1) is 0 Å². The maximum Gasteiger partial charge on any atom is 0.303 e. The minimum absolute atomic E-state index is 0.187. The number of carboxylic acid groups (broad SMARTS) is 1. The molecule has 5 nitrogen and oxygen atoms in total. The Morgan fingerprint density at radius 3 is 2.95 bits per heavy atom. The lowest BCUT2D eigenvalue weighted by atomic mass is 10.2. The first-order chi connectivity index (χ1) is 9.61. The molecule has 2 N–H and O–H groups in total. The number of imidazole rings is 1. The Labute approximate surface area is 118 Å². The lowest BCUT2D eigenvalue weighted by Gasteiger charge is -2.04. The van der Waals surface area contributed by atoms with Gasteiger partial charge in [0.25, 0.3) is 0 Å². The fraction of sp³-hybridized carbons (Fsp3) is 0.467. The number of hydrogen-bond acceptors (Lipinski definition) is 3. The Kier molecular flexibility index (Phi) is 4.61. The van der Waals surface area contributed by atoms with E-state index in [4.69, 9.17) is 5.11 Å². The average molecular weight is 275 g/mol. The van der Waals surface area contributed by atoms with Crippen LogP contribution in [0.5, 0.6) is 0 Å². The van der Waals surface area contributed by atoms with Crippen LogP contribution in [0.1, 0.15) is 32.0 Å². The maximum atomic E-state index is 10.6. The van der Waals surface area contributed by atoms with Gasteiger partial charge in [0.05, 0.1) is 11.0 Å². The fourth-order valence-electron chi connectivity index (χ4n) is 2.25. The number of aliphatic carboxylic acids is 1. The highest BCUT2D eigenvalue weighted by Gasteiger charge is 2.09. The molecule has 0 aliphatic carbocycles. The van der Waals surface area contributed by atoms with Crippen molar-refractivity contribution in [2.45, 2.75) is 32.6 Å². The van der Waals surface area contributed by atoms with Gasteiger partial charge in [-0.05, 0) is 31.0 Å². The molecule has 2 rings (SSSR count). The number of anilines is 1. The van der Waals surface area contributed by atoms with Crippen molar-refractivity contribution in [2.24, 2.45) is 7.05 Å². The van der Waals surface area contributed by atoms with E-state index < -0.39 is 5.97 Å². The molecule has 0 atom stereocenters. The summed E-state index contributed by atoms with van der Waals surface area (Å²) in [6.07, 6.45) is 2.58. The van der Waals surface area contributed by atoms with Gasteiger partial charge in [-0.25, -0.2) is 4.98 Å². The van der Waals surface area contributed by atoms with Crippen molar-refractivity contribution in [2.75, 3.05) is 11.9 Å². The summed E-state index contributed by atoms with van der Waals surface area (Å²) in [6.45, 7) is 3.08. The molecule has 108 valence electrons. The normalized spacial score (nSPS) is 10.9. The van der Waals surface area contributed by atoms with E-state index in [-0.39, 0.29) is 6.42 Å². The van der Waals surface area contributed by atoms with Crippen LogP contribution in [0.2, 0.25) is 0 Å². The molecule has 0 bridgehead atoms. The van der Waals surface area contributed by atoms with E-state index >= 15 is 0 Å². The largest absolute Gasteiger partial charge is 0.481 e.